The number of methoxy groups -OCH3 is 1. The third-order valence-electron chi connectivity index (χ3n) is 4.39. The van der Waals surface area contributed by atoms with Crippen LogP contribution in [0.3, 0.4) is 0 Å². The van der Waals surface area contributed by atoms with Crippen LogP contribution >= 0.6 is 0 Å². The van der Waals surface area contributed by atoms with E-state index >= 15 is 0 Å². The zero-order valence-electron chi connectivity index (χ0n) is 15.4. The second-order valence-electron chi connectivity index (χ2n) is 6.36. The minimum atomic E-state index is -0.168. The van der Waals surface area contributed by atoms with Gasteiger partial charge >= 0.3 is 0 Å². The van der Waals surface area contributed by atoms with E-state index in [1.807, 2.05) is 36.4 Å². The molecule has 2 heterocycles. The fraction of sp³-hybridized carbons (Fsp3) is 0.136. The molecule has 0 aliphatic rings. The summed E-state index contributed by atoms with van der Waals surface area (Å²) in [5.41, 5.74) is 3.87. The Hall–Kier alpha value is -3.67. The van der Waals surface area contributed by atoms with E-state index in [2.05, 4.69) is 15.3 Å². The van der Waals surface area contributed by atoms with Crippen LogP contribution in [0.25, 0.3) is 11.1 Å². The quantitative estimate of drug-likeness (QED) is 0.557. The number of nitrogens with zero attached hydrogens (tertiary/aromatic N) is 2. The van der Waals surface area contributed by atoms with Gasteiger partial charge in [0.05, 0.1) is 7.11 Å². The Labute approximate surface area is 162 Å². The fourth-order valence-electron chi connectivity index (χ4n) is 2.89. The Morgan fingerprint density at radius 2 is 1.96 bits per heavy atom. The first-order valence-corrected chi connectivity index (χ1v) is 8.91. The molecule has 0 saturated heterocycles. The number of nitrogens with one attached hydrogen (secondary N) is 1. The van der Waals surface area contributed by atoms with Gasteiger partial charge in [0.15, 0.2) is 11.5 Å². The highest BCUT2D eigenvalue weighted by atomic mass is 16.5. The number of pyridine rings is 1. The summed E-state index contributed by atoms with van der Waals surface area (Å²) in [5, 5.41) is 2.88. The Balaban J connectivity index is 1.47. The molecule has 0 radical (unpaired) electrons. The molecule has 4 aromatic rings. The molecule has 0 spiro atoms. The first-order chi connectivity index (χ1) is 13.7. The average molecular weight is 373 g/mol. The summed E-state index contributed by atoms with van der Waals surface area (Å²) in [6.45, 7) is 0.420. The first-order valence-electron chi connectivity index (χ1n) is 8.91. The number of carbonyl (C=O) groups excluding carboxylic acids is 1. The Bertz CT molecular complexity index is 1090. The first kappa shape index (κ1) is 17.7. The van der Waals surface area contributed by atoms with Crippen LogP contribution in [0.1, 0.15) is 27.4 Å². The second kappa shape index (κ2) is 7.92. The van der Waals surface area contributed by atoms with Crippen LogP contribution in [0.15, 0.2) is 71.4 Å². The molecule has 2 aromatic heterocycles. The summed E-state index contributed by atoms with van der Waals surface area (Å²) in [5.74, 6) is 1.25. The lowest BCUT2D eigenvalue weighted by Gasteiger charge is -2.04. The molecule has 1 N–H and O–H groups in total. The van der Waals surface area contributed by atoms with E-state index in [-0.39, 0.29) is 5.91 Å². The van der Waals surface area contributed by atoms with Crippen molar-refractivity contribution in [3.05, 3.63) is 89.6 Å². The number of fused-ring (bicyclic) bond motifs is 1. The fourth-order valence-corrected chi connectivity index (χ4v) is 2.89. The third-order valence-corrected chi connectivity index (χ3v) is 4.39. The smallest absolute Gasteiger partial charge is 0.251 e. The molecule has 0 atom stereocenters. The largest absolute Gasteiger partial charge is 0.497 e. The maximum absolute atomic E-state index is 12.4. The summed E-state index contributed by atoms with van der Waals surface area (Å²) >= 11 is 0. The van der Waals surface area contributed by atoms with Crippen molar-refractivity contribution in [2.75, 3.05) is 7.11 Å². The number of oxazole rings is 1. The minimum absolute atomic E-state index is 0.168. The zero-order valence-corrected chi connectivity index (χ0v) is 15.4. The van der Waals surface area contributed by atoms with Crippen molar-refractivity contribution in [2.24, 2.45) is 0 Å². The molecular formula is C22H19N3O3. The lowest BCUT2D eigenvalue weighted by Crippen LogP contribution is -2.22. The van der Waals surface area contributed by atoms with Gasteiger partial charge < -0.3 is 14.5 Å². The molecule has 2 aromatic carbocycles. The number of hydrogen-bond acceptors (Lipinski definition) is 5. The van der Waals surface area contributed by atoms with Crippen LogP contribution in [0.5, 0.6) is 5.75 Å². The maximum atomic E-state index is 12.4. The van der Waals surface area contributed by atoms with E-state index < -0.39 is 0 Å². The molecule has 140 valence electrons. The molecule has 0 aliphatic carbocycles. The second-order valence-corrected chi connectivity index (χ2v) is 6.36. The van der Waals surface area contributed by atoms with Gasteiger partial charge in [-0.15, -0.1) is 0 Å². The van der Waals surface area contributed by atoms with E-state index in [0.29, 0.717) is 30.0 Å². The predicted molar refractivity (Wildman–Crippen MR) is 105 cm³/mol. The molecule has 4 rings (SSSR count). The van der Waals surface area contributed by atoms with Crippen molar-refractivity contribution in [3.63, 3.8) is 0 Å². The van der Waals surface area contributed by atoms with Crippen molar-refractivity contribution in [3.8, 4) is 5.75 Å². The molecule has 6 heteroatoms. The minimum Gasteiger partial charge on any atom is -0.497 e. The highest BCUT2D eigenvalue weighted by Gasteiger charge is 2.11. The zero-order chi connectivity index (χ0) is 19.3. The van der Waals surface area contributed by atoms with Crippen molar-refractivity contribution in [1.29, 1.82) is 0 Å². The number of carbonyl (C=O) groups is 1. The van der Waals surface area contributed by atoms with Gasteiger partial charge in [-0.1, -0.05) is 18.2 Å². The number of aromatic nitrogens is 2. The van der Waals surface area contributed by atoms with E-state index in [4.69, 9.17) is 9.15 Å². The van der Waals surface area contributed by atoms with Gasteiger partial charge in [-0.3, -0.25) is 9.78 Å². The van der Waals surface area contributed by atoms with Crippen LogP contribution < -0.4 is 10.1 Å². The highest BCUT2D eigenvalue weighted by molar-refractivity contribution is 5.96. The summed E-state index contributed by atoms with van der Waals surface area (Å²) in [4.78, 5) is 21.0. The Morgan fingerprint density at radius 3 is 2.71 bits per heavy atom. The summed E-state index contributed by atoms with van der Waals surface area (Å²) in [7, 11) is 1.64. The molecule has 0 aliphatic heterocycles. The van der Waals surface area contributed by atoms with Crippen molar-refractivity contribution < 1.29 is 13.9 Å². The van der Waals surface area contributed by atoms with Gasteiger partial charge in [0.2, 0.25) is 0 Å². The average Bonchev–Trinajstić information content (AvgIpc) is 3.14. The highest BCUT2D eigenvalue weighted by Crippen LogP contribution is 2.20. The summed E-state index contributed by atoms with van der Waals surface area (Å²) < 4.78 is 11.0. The molecule has 28 heavy (non-hydrogen) atoms. The van der Waals surface area contributed by atoms with Crippen LogP contribution in [-0.2, 0) is 13.0 Å². The number of ether oxygens (including phenoxy) is 1. The van der Waals surface area contributed by atoms with Crippen LogP contribution in [0.2, 0.25) is 0 Å². The standard InChI is InChI=1S/C22H19N3O3/c1-27-18-7-4-15(5-8-18)11-21-25-19-9-6-17(12-20(19)28-21)22(26)24-14-16-3-2-10-23-13-16/h2-10,12-13H,11,14H2,1H3,(H,24,26). The molecule has 6 nitrogen and oxygen atoms in total. The summed E-state index contributed by atoms with van der Waals surface area (Å²) in [6.07, 6.45) is 4.00. The van der Waals surface area contributed by atoms with E-state index in [9.17, 15) is 4.79 Å². The van der Waals surface area contributed by atoms with Crippen LogP contribution in [-0.4, -0.2) is 23.0 Å². The Kier molecular flexibility index (Phi) is 5.01. The van der Waals surface area contributed by atoms with E-state index in [1.165, 1.54) is 0 Å². The number of amides is 1. The van der Waals surface area contributed by atoms with Crippen molar-refractivity contribution >= 4 is 17.0 Å². The van der Waals surface area contributed by atoms with Crippen molar-refractivity contribution in [2.45, 2.75) is 13.0 Å². The molecule has 1 amide bonds. The van der Waals surface area contributed by atoms with Crippen LogP contribution in [0.4, 0.5) is 0 Å². The van der Waals surface area contributed by atoms with Gasteiger partial charge in [-0.05, 0) is 47.5 Å². The van der Waals surface area contributed by atoms with Crippen molar-refractivity contribution in [1.82, 2.24) is 15.3 Å². The SMILES string of the molecule is COc1ccc(Cc2nc3ccc(C(=O)NCc4cccnc4)cc3o2)cc1. The lowest BCUT2D eigenvalue weighted by molar-refractivity contribution is 0.0951. The topological polar surface area (TPSA) is 77.2 Å². The van der Waals surface area contributed by atoms with E-state index in [1.54, 1.807) is 37.7 Å². The van der Waals surface area contributed by atoms with Gasteiger partial charge in [0.1, 0.15) is 11.3 Å². The predicted octanol–water partition coefficient (Wildman–Crippen LogP) is 3.75. The third kappa shape index (κ3) is 4.01. The monoisotopic (exact) mass is 373 g/mol. The van der Waals surface area contributed by atoms with Gasteiger partial charge in [0.25, 0.3) is 5.91 Å². The molecule has 0 saturated carbocycles. The molecule has 0 fully saturated rings. The Morgan fingerprint density at radius 1 is 1.11 bits per heavy atom. The molecule has 0 bridgehead atoms. The van der Waals surface area contributed by atoms with E-state index in [0.717, 1.165) is 22.4 Å². The van der Waals surface area contributed by atoms with Gasteiger partial charge in [-0.2, -0.15) is 0 Å². The maximum Gasteiger partial charge on any atom is 0.251 e. The number of benzene rings is 2. The number of rotatable bonds is 6. The molecule has 0 unspecified atom stereocenters. The molecular weight excluding hydrogens is 354 g/mol. The lowest BCUT2D eigenvalue weighted by atomic mass is 10.1. The summed E-state index contributed by atoms with van der Waals surface area (Å²) in [6, 6.07) is 16.8. The van der Waals surface area contributed by atoms with Gasteiger partial charge in [-0.25, -0.2) is 4.98 Å². The van der Waals surface area contributed by atoms with Gasteiger partial charge in [0, 0.05) is 30.9 Å². The van der Waals surface area contributed by atoms with Crippen LogP contribution in [0, 0.1) is 0 Å². The normalized spacial score (nSPS) is 10.8. The number of hydrogen-bond donors (Lipinski definition) is 1.